The van der Waals surface area contributed by atoms with Crippen LogP contribution in [0.1, 0.15) is 39.4 Å². The Hall–Kier alpha value is -2.43. The summed E-state index contributed by atoms with van der Waals surface area (Å²) >= 11 is 0. The number of rotatable bonds is 5. The second kappa shape index (κ2) is 6.59. The van der Waals surface area contributed by atoms with Crippen LogP contribution in [0.3, 0.4) is 0 Å². The number of aryl methyl sites for hydroxylation is 1. The first-order valence-corrected chi connectivity index (χ1v) is 8.47. The average Bonchev–Trinajstić information content (AvgIpc) is 2.84. The molecule has 0 aliphatic heterocycles. The first-order chi connectivity index (χ1) is 11.5. The summed E-state index contributed by atoms with van der Waals surface area (Å²) in [4.78, 5) is 21.2. The highest BCUT2D eigenvalue weighted by atomic mass is 16.5. The van der Waals surface area contributed by atoms with Gasteiger partial charge in [-0.3, -0.25) is 4.79 Å². The van der Waals surface area contributed by atoms with E-state index in [1.807, 2.05) is 38.1 Å². The van der Waals surface area contributed by atoms with Gasteiger partial charge in [0.05, 0.1) is 11.0 Å². The Morgan fingerprint density at radius 2 is 2.00 bits per heavy atom. The van der Waals surface area contributed by atoms with E-state index in [0.717, 1.165) is 35.2 Å². The van der Waals surface area contributed by atoms with Gasteiger partial charge in [0.15, 0.2) is 5.52 Å². The number of fused-ring (bicyclic) bond motifs is 3. The summed E-state index contributed by atoms with van der Waals surface area (Å²) < 4.78 is 7.72. The van der Waals surface area contributed by atoms with E-state index >= 15 is 0 Å². The molecule has 0 fully saturated rings. The van der Waals surface area contributed by atoms with Crippen LogP contribution in [0.15, 0.2) is 24.3 Å². The molecule has 0 aliphatic carbocycles. The lowest BCUT2D eigenvalue weighted by Gasteiger charge is -2.12. The van der Waals surface area contributed by atoms with E-state index in [0.29, 0.717) is 23.7 Å². The molecule has 126 valence electrons. The standard InChI is InChI=1S/C19H23N3O2/c1-5-8-16(23)24-19-17-18(14-9-6-7-10-15(14)21-19)22(11-12(2)3)13(4)20-17/h6-7,9-10,12H,5,8,11H2,1-4H3. The van der Waals surface area contributed by atoms with E-state index in [1.165, 1.54) is 0 Å². The zero-order valence-electron chi connectivity index (χ0n) is 14.7. The Morgan fingerprint density at radius 1 is 1.25 bits per heavy atom. The Labute approximate surface area is 141 Å². The number of nitrogens with zero attached hydrogens (tertiary/aromatic N) is 3. The van der Waals surface area contributed by atoms with Crippen molar-refractivity contribution in [3.8, 4) is 5.88 Å². The summed E-state index contributed by atoms with van der Waals surface area (Å²) in [5, 5.41) is 1.03. The number of carbonyl (C=O) groups excluding carboxylic acids is 1. The third-order valence-electron chi connectivity index (χ3n) is 3.95. The van der Waals surface area contributed by atoms with E-state index in [1.54, 1.807) is 0 Å². The summed E-state index contributed by atoms with van der Waals surface area (Å²) in [5.41, 5.74) is 2.47. The minimum atomic E-state index is -0.266. The highest BCUT2D eigenvalue weighted by Gasteiger charge is 2.19. The number of benzene rings is 1. The Balaban J connectivity index is 2.26. The normalized spacial score (nSPS) is 11.5. The molecule has 0 radical (unpaired) electrons. The van der Waals surface area contributed by atoms with Crippen LogP contribution >= 0.6 is 0 Å². The highest BCUT2D eigenvalue weighted by Crippen LogP contribution is 2.32. The van der Waals surface area contributed by atoms with Crippen LogP contribution in [0, 0.1) is 12.8 Å². The Kier molecular flexibility index (Phi) is 4.51. The van der Waals surface area contributed by atoms with Crippen molar-refractivity contribution < 1.29 is 9.53 Å². The van der Waals surface area contributed by atoms with Gasteiger partial charge in [-0.05, 0) is 25.3 Å². The summed E-state index contributed by atoms with van der Waals surface area (Å²) in [6, 6.07) is 7.91. The molecule has 3 aromatic rings. The maximum Gasteiger partial charge on any atom is 0.312 e. The number of pyridine rings is 1. The molecular formula is C19H23N3O2. The van der Waals surface area contributed by atoms with E-state index in [9.17, 15) is 4.79 Å². The maximum atomic E-state index is 12.0. The van der Waals surface area contributed by atoms with E-state index in [2.05, 4.69) is 28.4 Å². The molecule has 0 saturated carbocycles. The molecule has 1 aromatic carbocycles. The molecule has 2 heterocycles. The summed E-state index contributed by atoms with van der Waals surface area (Å²) in [6.45, 7) is 9.15. The fraction of sp³-hybridized carbons (Fsp3) is 0.421. The van der Waals surface area contributed by atoms with Crippen molar-refractivity contribution in [3.63, 3.8) is 0 Å². The highest BCUT2D eigenvalue weighted by molar-refractivity contribution is 6.05. The van der Waals surface area contributed by atoms with Crippen LogP contribution < -0.4 is 4.74 Å². The molecule has 0 saturated heterocycles. The predicted molar refractivity (Wildman–Crippen MR) is 95.2 cm³/mol. The van der Waals surface area contributed by atoms with Gasteiger partial charge in [0.2, 0.25) is 0 Å². The van der Waals surface area contributed by atoms with Gasteiger partial charge in [-0.2, -0.15) is 0 Å². The quantitative estimate of drug-likeness (QED) is 0.658. The predicted octanol–water partition coefficient (Wildman–Crippen LogP) is 4.25. The van der Waals surface area contributed by atoms with Gasteiger partial charge >= 0.3 is 5.97 Å². The van der Waals surface area contributed by atoms with E-state index < -0.39 is 0 Å². The number of carbonyl (C=O) groups is 1. The van der Waals surface area contributed by atoms with Gasteiger partial charge in [-0.25, -0.2) is 9.97 Å². The van der Waals surface area contributed by atoms with Crippen LogP contribution in [-0.4, -0.2) is 20.5 Å². The number of hydrogen-bond donors (Lipinski definition) is 0. The van der Waals surface area contributed by atoms with E-state index in [-0.39, 0.29) is 5.97 Å². The lowest BCUT2D eigenvalue weighted by molar-refractivity contribution is -0.134. The Morgan fingerprint density at radius 3 is 2.71 bits per heavy atom. The van der Waals surface area contributed by atoms with Crippen LogP contribution in [0.2, 0.25) is 0 Å². The van der Waals surface area contributed by atoms with Gasteiger partial charge in [0.25, 0.3) is 5.88 Å². The molecule has 24 heavy (non-hydrogen) atoms. The van der Waals surface area contributed by atoms with Crippen LogP contribution in [0.4, 0.5) is 0 Å². The molecule has 0 atom stereocenters. The van der Waals surface area contributed by atoms with Crippen molar-refractivity contribution in [1.29, 1.82) is 0 Å². The molecule has 0 bridgehead atoms. The first-order valence-electron chi connectivity index (χ1n) is 8.47. The van der Waals surface area contributed by atoms with Crippen LogP contribution in [0.5, 0.6) is 5.88 Å². The smallest absolute Gasteiger partial charge is 0.312 e. The third-order valence-corrected chi connectivity index (χ3v) is 3.95. The van der Waals surface area contributed by atoms with Gasteiger partial charge < -0.3 is 9.30 Å². The topological polar surface area (TPSA) is 57.0 Å². The van der Waals surface area contributed by atoms with Crippen LogP contribution in [0.25, 0.3) is 21.9 Å². The second-order valence-electron chi connectivity index (χ2n) is 6.52. The number of ether oxygens (including phenoxy) is 1. The maximum absolute atomic E-state index is 12.0. The number of hydrogen-bond acceptors (Lipinski definition) is 4. The van der Waals surface area contributed by atoms with E-state index in [4.69, 9.17) is 4.74 Å². The van der Waals surface area contributed by atoms with Crippen molar-refractivity contribution in [2.24, 2.45) is 5.92 Å². The van der Waals surface area contributed by atoms with Crippen molar-refractivity contribution in [1.82, 2.24) is 14.5 Å². The van der Waals surface area contributed by atoms with Gasteiger partial charge in [0.1, 0.15) is 5.82 Å². The molecule has 2 aromatic heterocycles. The van der Waals surface area contributed by atoms with Gasteiger partial charge in [-0.1, -0.05) is 39.0 Å². The monoisotopic (exact) mass is 325 g/mol. The van der Waals surface area contributed by atoms with Crippen molar-refractivity contribution >= 4 is 27.9 Å². The van der Waals surface area contributed by atoms with Gasteiger partial charge in [0, 0.05) is 18.4 Å². The largest absolute Gasteiger partial charge is 0.405 e. The zero-order chi connectivity index (χ0) is 17.3. The molecule has 0 spiro atoms. The van der Waals surface area contributed by atoms with Crippen molar-refractivity contribution in [3.05, 3.63) is 30.1 Å². The molecule has 0 N–H and O–H groups in total. The second-order valence-corrected chi connectivity index (χ2v) is 6.52. The molecule has 5 nitrogen and oxygen atoms in total. The molecule has 0 unspecified atom stereocenters. The summed E-state index contributed by atoms with van der Waals surface area (Å²) in [5.74, 6) is 1.44. The summed E-state index contributed by atoms with van der Waals surface area (Å²) in [7, 11) is 0. The molecule has 0 aliphatic rings. The lowest BCUT2D eigenvalue weighted by atomic mass is 10.1. The fourth-order valence-electron chi connectivity index (χ4n) is 2.94. The minimum absolute atomic E-state index is 0.266. The lowest BCUT2D eigenvalue weighted by Crippen LogP contribution is -2.09. The van der Waals surface area contributed by atoms with Gasteiger partial charge in [-0.15, -0.1) is 0 Å². The summed E-state index contributed by atoms with van der Waals surface area (Å²) in [6.07, 6.45) is 1.12. The number of imidazole rings is 1. The number of para-hydroxylation sites is 1. The molecule has 3 rings (SSSR count). The fourth-order valence-corrected chi connectivity index (χ4v) is 2.94. The molecule has 5 heteroatoms. The van der Waals surface area contributed by atoms with Crippen LogP contribution in [-0.2, 0) is 11.3 Å². The average molecular weight is 325 g/mol. The molecule has 0 amide bonds. The first kappa shape index (κ1) is 16.4. The van der Waals surface area contributed by atoms with Crippen molar-refractivity contribution in [2.75, 3.05) is 0 Å². The van der Waals surface area contributed by atoms with Crippen molar-refractivity contribution in [2.45, 2.75) is 47.1 Å². The SMILES string of the molecule is CCCC(=O)Oc1nc2ccccc2c2c1nc(C)n2CC(C)C. The Bertz CT molecular complexity index is 896. The third kappa shape index (κ3) is 2.98. The number of esters is 1. The molecular weight excluding hydrogens is 302 g/mol. The number of aromatic nitrogens is 3. The minimum Gasteiger partial charge on any atom is -0.405 e. The zero-order valence-corrected chi connectivity index (χ0v) is 14.7.